The quantitative estimate of drug-likeness (QED) is 0.716. The molecule has 0 unspecified atom stereocenters. The van der Waals surface area contributed by atoms with E-state index in [1.807, 2.05) is 31.2 Å². The number of sulfone groups is 1. The summed E-state index contributed by atoms with van der Waals surface area (Å²) in [6, 6.07) is 10.9. The molecule has 0 atom stereocenters. The van der Waals surface area contributed by atoms with Crippen LogP contribution in [0.4, 0.5) is 5.69 Å². The minimum atomic E-state index is -3.61. The highest BCUT2D eigenvalue weighted by Gasteiger charge is 2.15. The van der Waals surface area contributed by atoms with Crippen molar-refractivity contribution in [1.82, 2.24) is 0 Å². The van der Waals surface area contributed by atoms with E-state index in [9.17, 15) is 18.0 Å². The van der Waals surface area contributed by atoms with Gasteiger partial charge in [-0.1, -0.05) is 12.1 Å². The molecule has 2 aromatic rings. The van der Waals surface area contributed by atoms with Crippen molar-refractivity contribution in [3.05, 3.63) is 53.6 Å². The van der Waals surface area contributed by atoms with Gasteiger partial charge in [0.1, 0.15) is 5.75 Å². The Bertz CT molecular complexity index is 935. The van der Waals surface area contributed by atoms with Crippen molar-refractivity contribution in [2.24, 2.45) is 0 Å². The number of hydrogen-bond donors (Lipinski definition) is 2. The van der Waals surface area contributed by atoms with Gasteiger partial charge < -0.3 is 15.2 Å². The highest BCUT2D eigenvalue weighted by Crippen LogP contribution is 2.20. The van der Waals surface area contributed by atoms with E-state index in [-0.39, 0.29) is 28.5 Å². The van der Waals surface area contributed by atoms with Gasteiger partial charge >= 0.3 is 5.97 Å². The lowest BCUT2D eigenvalue weighted by Crippen LogP contribution is -2.14. The van der Waals surface area contributed by atoms with Gasteiger partial charge in [0, 0.05) is 18.4 Å². The van der Waals surface area contributed by atoms with Gasteiger partial charge in [0.05, 0.1) is 17.1 Å². The van der Waals surface area contributed by atoms with Crippen molar-refractivity contribution in [2.75, 3.05) is 18.2 Å². The molecular weight excluding hydrogens is 370 g/mol. The van der Waals surface area contributed by atoms with Crippen molar-refractivity contribution >= 4 is 27.4 Å². The van der Waals surface area contributed by atoms with Crippen LogP contribution in [0, 0.1) is 0 Å². The Morgan fingerprint density at radius 2 is 1.78 bits per heavy atom. The van der Waals surface area contributed by atoms with Crippen molar-refractivity contribution in [1.29, 1.82) is 0 Å². The van der Waals surface area contributed by atoms with E-state index in [0.29, 0.717) is 13.0 Å². The van der Waals surface area contributed by atoms with Crippen molar-refractivity contribution in [3.8, 4) is 5.75 Å². The molecule has 0 aliphatic heterocycles. The largest absolute Gasteiger partial charge is 0.494 e. The SMILES string of the molecule is CCOc1ccc(CCC(=O)Nc2cc(C(=O)O)cc(S(C)(=O)=O)c2)cc1. The van der Waals surface area contributed by atoms with Crippen LogP contribution in [0.5, 0.6) is 5.75 Å². The molecule has 8 heteroatoms. The van der Waals surface area contributed by atoms with Crippen molar-refractivity contribution in [3.63, 3.8) is 0 Å². The standard InChI is InChI=1S/C19H21NO6S/c1-3-26-16-7-4-13(5-8-16)6-9-18(21)20-15-10-14(19(22)23)11-17(12-15)27(2,24)25/h4-5,7-8,10-12H,3,6,9H2,1-2H3,(H,20,21)(H,22,23). The second-order valence-corrected chi connectivity index (χ2v) is 7.96. The first-order chi connectivity index (χ1) is 12.7. The number of ether oxygens (including phenoxy) is 1. The highest BCUT2D eigenvalue weighted by atomic mass is 32.2. The third-order valence-electron chi connectivity index (χ3n) is 3.74. The van der Waals surface area contributed by atoms with Crippen LogP contribution in [0.25, 0.3) is 0 Å². The van der Waals surface area contributed by atoms with Gasteiger partial charge in [-0.25, -0.2) is 13.2 Å². The Kier molecular flexibility index (Phi) is 6.57. The lowest BCUT2D eigenvalue weighted by atomic mass is 10.1. The predicted octanol–water partition coefficient (Wildman–Crippen LogP) is 2.76. The zero-order valence-corrected chi connectivity index (χ0v) is 15.9. The van der Waals surface area contributed by atoms with Crippen LogP contribution in [0.2, 0.25) is 0 Å². The third-order valence-corrected chi connectivity index (χ3v) is 4.83. The van der Waals surface area contributed by atoms with Crippen molar-refractivity contribution in [2.45, 2.75) is 24.7 Å². The normalized spacial score (nSPS) is 11.0. The van der Waals surface area contributed by atoms with E-state index in [1.54, 1.807) is 0 Å². The molecule has 0 fully saturated rings. The van der Waals surface area contributed by atoms with Gasteiger partial charge in [-0.15, -0.1) is 0 Å². The number of nitrogens with one attached hydrogen (secondary N) is 1. The summed E-state index contributed by atoms with van der Waals surface area (Å²) in [5, 5.41) is 11.7. The van der Waals surface area contributed by atoms with E-state index >= 15 is 0 Å². The van der Waals surface area contributed by atoms with E-state index in [2.05, 4.69) is 5.32 Å². The number of carboxylic acid groups (broad SMARTS) is 1. The summed E-state index contributed by atoms with van der Waals surface area (Å²) >= 11 is 0. The Labute approximate surface area is 157 Å². The Morgan fingerprint density at radius 3 is 2.33 bits per heavy atom. The molecule has 7 nitrogen and oxygen atoms in total. The van der Waals surface area contributed by atoms with Gasteiger partial charge in [0.15, 0.2) is 9.84 Å². The molecule has 27 heavy (non-hydrogen) atoms. The van der Waals surface area contributed by atoms with Crippen LogP contribution in [0.1, 0.15) is 29.3 Å². The number of aryl methyl sites for hydroxylation is 1. The molecular formula is C19H21NO6S. The van der Waals surface area contributed by atoms with Crippen molar-refractivity contribution < 1.29 is 27.9 Å². The number of benzene rings is 2. The topological polar surface area (TPSA) is 110 Å². The van der Waals surface area contributed by atoms with Gasteiger partial charge in [-0.2, -0.15) is 0 Å². The zero-order chi connectivity index (χ0) is 20.0. The van der Waals surface area contributed by atoms with E-state index in [4.69, 9.17) is 9.84 Å². The van der Waals surface area contributed by atoms with Crippen LogP contribution in [0.3, 0.4) is 0 Å². The molecule has 0 bridgehead atoms. The maximum Gasteiger partial charge on any atom is 0.335 e. The molecule has 0 aliphatic rings. The molecule has 2 rings (SSSR count). The number of aromatic carboxylic acids is 1. The summed E-state index contributed by atoms with van der Waals surface area (Å²) in [4.78, 5) is 23.2. The van der Waals surface area contributed by atoms with Crippen LogP contribution in [-0.2, 0) is 21.1 Å². The third kappa shape index (κ3) is 6.10. The predicted molar refractivity (Wildman–Crippen MR) is 101 cm³/mol. The zero-order valence-electron chi connectivity index (χ0n) is 15.1. The molecule has 0 radical (unpaired) electrons. The Morgan fingerprint density at radius 1 is 1.11 bits per heavy atom. The summed E-state index contributed by atoms with van der Waals surface area (Å²) < 4.78 is 28.8. The Hall–Kier alpha value is -2.87. The van der Waals surface area contributed by atoms with Gasteiger partial charge in [0.25, 0.3) is 0 Å². The fourth-order valence-electron chi connectivity index (χ4n) is 2.41. The van der Waals surface area contributed by atoms with Gasteiger partial charge in [-0.05, 0) is 49.2 Å². The summed E-state index contributed by atoms with van der Waals surface area (Å²) in [6.45, 7) is 2.47. The number of carbonyl (C=O) groups is 2. The smallest absolute Gasteiger partial charge is 0.335 e. The number of amides is 1. The first-order valence-electron chi connectivity index (χ1n) is 8.29. The minimum Gasteiger partial charge on any atom is -0.494 e. The number of carboxylic acids is 1. The molecule has 2 N–H and O–H groups in total. The maximum absolute atomic E-state index is 12.2. The average Bonchev–Trinajstić information content (AvgIpc) is 2.60. The highest BCUT2D eigenvalue weighted by molar-refractivity contribution is 7.90. The van der Waals surface area contributed by atoms with Gasteiger partial charge in [0.2, 0.25) is 5.91 Å². The average molecular weight is 391 g/mol. The molecule has 0 heterocycles. The van der Waals surface area contributed by atoms with Crippen LogP contribution in [0.15, 0.2) is 47.4 Å². The summed E-state index contributed by atoms with van der Waals surface area (Å²) in [6.07, 6.45) is 1.63. The molecule has 2 aromatic carbocycles. The maximum atomic E-state index is 12.2. The second kappa shape index (κ2) is 8.68. The number of rotatable bonds is 8. The summed E-state index contributed by atoms with van der Waals surface area (Å²) in [5.74, 6) is -0.860. The number of anilines is 1. The summed E-state index contributed by atoms with van der Waals surface area (Å²) in [5.41, 5.74) is 0.872. The number of hydrogen-bond acceptors (Lipinski definition) is 5. The second-order valence-electron chi connectivity index (χ2n) is 5.95. The van der Waals surface area contributed by atoms with E-state index in [0.717, 1.165) is 23.6 Å². The molecule has 144 valence electrons. The molecule has 0 saturated carbocycles. The van der Waals surface area contributed by atoms with Gasteiger partial charge in [-0.3, -0.25) is 4.79 Å². The Balaban J connectivity index is 2.06. The molecule has 0 spiro atoms. The van der Waals surface area contributed by atoms with Crippen LogP contribution >= 0.6 is 0 Å². The number of carbonyl (C=O) groups excluding carboxylic acids is 1. The fourth-order valence-corrected chi connectivity index (χ4v) is 3.09. The molecule has 0 aromatic heterocycles. The minimum absolute atomic E-state index is 0.131. The first-order valence-corrected chi connectivity index (χ1v) is 10.2. The lowest BCUT2D eigenvalue weighted by molar-refractivity contribution is -0.116. The first kappa shape index (κ1) is 20.4. The monoisotopic (exact) mass is 391 g/mol. The molecule has 0 aliphatic carbocycles. The molecule has 0 saturated heterocycles. The molecule has 1 amide bonds. The fraction of sp³-hybridized carbons (Fsp3) is 0.263. The van der Waals surface area contributed by atoms with E-state index in [1.165, 1.54) is 12.1 Å². The van der Waals surface area contributed by atoms with E-state index < -0.39 is 15.8 Å². The van der Waals surface area contributed by atoms with Crippen LogP contribution in [-0.4, -0.2) is 38.3 Å². The lowest BCUT2D eigenvalue weighted by Gasteiger charge is -2.09. The van der Waals surface area contributed by atoms with Crippen LogP contribution < -0.4 is 10.1 Å². The summed E-state index contributed by atoms with van der Waals surface area (Å²) in [7, 11) is -3.61.